The Hall–Kier alpha value is -2.62. The molecule has 0 bridgehead atoms. The summed E-state index contributed by atoms with van der Waals surface area (Å²) in [5, 5.41) is 3.91. The van der Waals surface area contributed by atoms with E-state index in [1.54, 1.807) is 18.2 Å². The van der Waals surface area contributed by atoms with E-state index < -0.39 is 10.0 Å². The van der Waals surface area contributed by atoms with Crippen LogP contribution in [0.3, 0.4) is 0 Å². The third kappa shape index (κ3) is 5.17. The molecule has 5 rings (SSSR count). The van der Waals surface area contributed by atoms with Gasteiger partial charge in [0.1, 0.15) is 4.90 Å². The number of halogens is 1. The normalized spacial score (nSPS) is 16.9. The first-order valence-corrected chi connectivity index (χ1v) is 14.4. The Morgan fingerprint density at radius 3 is 2.66 bits per heavy atom. The third-order valence-electron chi connectivity index (χ3n) is 6.26. The minimum atomic E-state index is -3.90. The quantitative estimate of drug-likeness (QED) is 0.355. The van der Waals surface area contributed by atoms with Crippen LogP contribution in [0.4, 0.5) is 5.69 Å². The summed E-state index contributed by atoms with van der Waals surface area (Å²) in [6, 6.07) is 14.7. The number of carbonyl (C=O) groups excluding carboxylic acids is 1. The Labute approximate surface area is 214 Å². The molecule has 7 nitrogen and oxygen atoms in total. The number of hydrogen-bond donors (Lipinski definition) is 1. The highest BCUT2D eigenvalue weighted by Crippen LogP contribution is 2.44. The largest absolute Gasteiger partial charge is 0.353 e. The van der Waals surface area contributed by atoms with Crippen molar-refractivity contribution in [1.82, 2.24) is 15.3 Å². The molecule has 10 heteroatoms. The molecular formula is C25H25ClN4O3S2. The minimum absolute atomic E-state index is 0.0270. The van der Waals surface area contributed by atoms with Gasteiger partial charge in [-0.1, -0.05) is 73.0 Å². The molecule has 2 aromatic carbocycles. The molecule has 0 unspecified atom stereocenters. The van der Waals surface area contributed by atoms with E-state index in [9.17, 15) is 13.2 Å². The molecule has 3 aromatic rings. The Bertz CT molecular complexity index is 1350. The molecule has 1 N–H and O–H groups in total. The lowest BCUT2D eigenvalue weighted by atomic mass is 9.95. The van der Waals surface area contributed by atoms with Crippen LogP contribution in [0.1, 0.15) is 37.7 Å². The number of fused-ring (bicyclic) bond motifs is 3. The lowest BCUT2D eigenvalue weighted by Crippen LogP contribution is -2.37. The molecule has 2 heterocycles. The van der Waals surface area contributed by atoms with Crippen LogP contribution in [-0.2, 0) is 21.4 Å². The Morgan fingerprint density at radius 1 is 1.11 bits per heavy atom. The zero-order valence-electron chi connectivity index (χ0n) is 19.0. The van der Waals surface area contributed by atoms with Crippen LogP contribution in [0, 0.1) is 0 Å². The summed E-state index contributed by atoms with van der Waals surface area (Å²) in [5.74, 6) is 0.109. The number of rotatable bonds is 6. The topological polar surface area (TPSA) is 92.3 Å². The molecule has 1 fully saturated rings. The maximum atomic E-state index is 13.6. The van der Waals surface area contributed by atoms with E-state index in [1.165, 1.54) is 28.7 Å². The van der Waals surface area contributed by atoms with Crippen molar-refractivity contribution in [3.8, 4) is 11.3 Å². The van der Waals surface area contributed by atoms with Crippen molar-refractivity contribution >= 4 is 45.0 Å². The molecule has 1 aliphatic heterocycles. The van der Waals surface area contributed by atoms with E-state index in [0.29, 0.717) is 27.1 Å². The van der Waals surface area contributed by atoms with Crippen molar-refractivity contribution < 1.29 is 13.2 Å². The Balaban J connectivity index is 1.42. The number of aromatic nitrogens is 2. The monoisotopic (exact) mass is 528 g/mol. The average molecular weight is 529 g/mol. The van der Waals surface area contributed by atoms with Gasteiger partial charge in [0.25, 0.3) is 10.0 Å². The van der Waals surface area contributed by atoms with Gasteiger partial charge < -0.3 is 5.32 Å². The van der Waals surface area contributed by atoms with Crippen molar-refractivity contribution in [1.29, 1.82) is 0 Å². The highest BCUT2D eigenvalue weighted by molar-refractivity contribution is 7.99. The van der Waals surface area contributed by atoms with Crippen LogP contribution in [-0.4, -0.2) is 36.1 Å². The number of sulfonamides is 1. The van der Waals surface area contributed by atoms with E-state index in [0.717, 1.165) is 31.2 Å². The van der Waals surface area contributed by atoms with E-state index in [2.05, 4.69) is 15.3 Å². The first-order valence-electron chi connectivity index (χ1n) is 11.6. The van der Waals surface area contributed by atoms with Gasteiger partial charge in [0.15, 0.2) is 5.16 Å². The van der Waals surface area contributed by atoms with Crippen molar-refractivity contribution in [3.05, 3.63) is 65.3 Å². The molecule has 1 aromatic heterocycles. The van der Waals surface area contributed by atoms with Crippen LogP contribution in [0.2, 0.25) is 5.02 Å². The summed E-state index contributed by atoms with van der Waals surface area (Å²) in [4.78, 5) is 21.3. The van der Waals surface area contributed by atoms with Gasteiger partial charge in [-0.25, -0.2) is 18.4 Å². The zero-order chi connectivity index (χ0) is 24.4. The van der Waals surface area contributed by atoms with Gasteiger partial charge in [0, 0.05) is 16.6 Å². The van der Waals surface area contributed by atoms with Gasteiger partial charge in [-0.2, -0.15) is 0 Å². The zero-order valence-corrected chi connectivity index (χ0v) is 21.4. The van der Waals surface area contributed by atoms with Crippen LogP contribution >= 0.6 is 23.4 Å². The summed E-state index contributed by atoms with van der Waals surface area (Å²) < 4.78 is 28.6. The minimum Gasteiger partial charge on any atom is -0.353 e. The van der Waals surface area contributed by atoms with Crippen LogP contribution < -0.4 is 9.62 Å². The lowest BCUT2D eigenvalue weighted by Gasteiger charge is -2.31. The van der Waals surface area contributed by atoms with Crippen molar-refractivity contribution in [2.45, 2.75) is 54.7 Å². The maximum absolute atomic E-state index is 13.6. The number of benzene rings is 2. The lowest BCUT2D eigenvalue weighted by molar-refractivity contribution is -0.119. The third-order valence-corrected chi connectivity index (χ3v) is 9.11. The molecule has 182 valence electrons. The molecule has 1 saturated carbocycles. The number of amides is 1. The SMILES string of the molecule is O=C(CSc1ncc2c(n1)-c1cc(Cl)ccc1N(Cc1ccccc1)S2(=O)=O)NC1CCCCC1. The number of thioether (sulfide) groups is 1. The molecule has 0 spiro atoms. The summed E-state index contributed by atoms with van der Waals surface area (Å²) in [6.07, 6.45) is 6.87. The molecular weight excluding hydrogens is 504 g/mol. The van der Waals surface area contributed by atoms with Gasteiger partial charge in [-0.15, -0.1) is 0 Å². The summed E-state index contributed by atoms with van der Waals surface area (Å²) in [7, 11) is -3.90. The second-order valence-electron chi connectivity index (χ2n) is 8.72. The van der Waals surface area contributed by atoms with Gasteiger partial charge >= 0.3 is 0 Å². The highest BCUT2D eigenvalue weighted by Gasteiger charge is 2.37. The van der Waals surface area contributed by atoms with E-state index in [-0.39, 0.29) is 29.1 Å². The molecule has 35 heavy (non-hydrogen) atoms. The summed E-state index contributed by atoms with van der Waals surface area (Å²) in [5.41, 5.74) is 2.29. The molecule has 0 atom stereocenters. The maximum Gasteiger partial charge on any atom is 0.268 e. The summed E-state index contributed by atoms with van der Waals surface area (Å²) in [6.45, 7) is 0.176. The van der Waals surface area contributed by atoms with Crippen LogP contribution in [0.25, 0.3) is 11.3 Å². The van der Waals surface area contributed by atoms with Gasteiger partial charge in [0.05, 0.1) is 29.9 Å². The molecule has 0 saturated heterocycles. The van der Waals surface area contributed by atoms with E-state index >= 15 is 0 Å². The Kier molecular flexibility index (Phi) is 7.00. The fourth-order valence-electron chi connectivity index (χ4n) is 4.54. The molecule has 1 aliphatic carbocycles. The highest BCUT2D eigenvalue weighted by atomic mass is 35.5. The van der Waals surface area contributed by atoms with Crippen molar-refractivity contribution in [3.63, 3.8) is 0 Å². The molecule has 0 radical (unpaired) electrons. The van der Waals surface area contributed by atoms with Gasteiger partial charge in [-0.3, -0.25) is 9.10 Å². The number of nitrogens with one attached hydrogen (secondary N) is 1. The van der Waals surface area contributed by atoms with Gasteiger partial charge in [0.2, 0.25) is 5.91 Å². The van der Waals surface area contributed by atoms with Crippen molar-refractivity contribution in [2.75, 3.05) is 10.1 Å². The van der Waals surface area contributed by atoms with Crippen LogP contribution in [0.5, 0.6) is 0 Å². The first-order chi connectivity index (χ1) is 16.9. The number of nitrogens with zero attached hydrogens (tertiary/aromatic N) is 3. The fraction of sp³-hybridized carbons (Fsp3) is 0.320. The number of anilines is 1. The van der Waals surface area contributed by atoms with Crippen molar-refractivity contribution in [2.24, 2.45) is 0 Å². The average Bonchev–Trinajstić information content (AvgIpc) is 2.86. The number of carbonyl (C=O) groups is 1. The molecule has 2 aliphatic rings. The second kappa shape index (κ2) is 10.2. The molecule has 1 amide bonds. The standard InChI is InChI=1S/C25H25ClN4O3S2/c26-18-11-12-21-20(13-18)24-22(35(32,33)30(21)15-17-7-3-1-4-8-17)14-27-25(29-24)34-16-23(31)28-19-9-5-2-6-10-19/h1,3-4,7-8,11-14,19H,2,5-6,9-10,15-16H2,(H,28,31). The Morgan fingerprint density at radius 2 is 1.89 bits per heavy atom. The predicted octanol–water partition coefficient (Wildman–Crippen LogP) is 5.05. The number of hydrogen-bond acceptors (Lipinski definition) is 6. The van der Waals surface area contributed by atoms with E-state index in [4.69, 9.17) is 11.6 Å². The summed E-state index contributed by atoms with van der Waals surface area (Å²) >= 11 is 7.48. The smallest absolute Gasteiger partial charge is 0.268 e. The van der Waals surface area contributed by atoms with E-state index in [1.807, 2.05) is 30.3 Å². The van der Waals surface area contributed by atoms with Gasteiger partial charge in [-0.05, 0) is 36.6 Å². The first kappa shape index (κ1) is 24.1. The fourth-order valence-corrected chi connectivity index (χ4v) is 6.89. The second-order valence-corrected chi connectivity index (χ2v) is 11.9. The predicted molar refractivity (Wildman–Crippen MR) is 138 cm³/mol. The van der Waals surface area contributed by atoms with Crippen LogP contribution in [0.15, 0.2) is 64.8 Å².